The second-order valence-corrected chi connectivity index (χ2v) is 24.5. The molecule has 2 aromatic carbocycles. The van der Waals surface area contributed by atoms with Crippen molar-refractivity contribution in [2.24, 2.45) is 16.7 Å². The van der Waals surface area contributed by atoms with Gasteiger partial charge in [0.05, 0.1) is 41.0 Å². The highest BCUT2D eigenvalue weighted by atomic mass is 32.2. The maximum atomic E-state index is 11.6. The van der Waals surface area contributed by atoms with E-state index in [1.54, 1.807) is 40.1 Å². The molecular weight excluding hydrogens is 1270 g/mol. The third kappa shape index (κ3) is 166. The van der Waals surface area contributed by atoms with Gasteiger partial charge in [-0.15, -0.1) is 0 Å². The molecule has 0 saturated carbocycles. The Morgan fingerprint density at radius 1 is 0.522 bits per heavy atom. The summed E-state index contributed by atoms with van der Waals surface area (Å²) in [6, 6.07) is 16.6. The van der Waals surface area contributed by atoms with Crippen LogP contribution in [0, 0.1) is 30.6 Å². The number of thioether (sulfide) groups is 1. The van der Waals surface area contributed by atoms with Gasteiger partial charge in [-0.2, -0.15) is 51.3 Å². The first kappa shape index (κ1) is 130. The Bertz CT molecular complexity index is 1900. The van der Waals surface area contributed by atoms with Crippen LogP contribution in [-0.2, 0) is 64.2 Å². The van der Waals surface area contributed by atoms with E-state index in [0.717, 1.165) is 63.9 Å². The van der Waals surface area contributed by atoms with Gasteiger partial charge in [0, 0.05) is 67.2 Å². The van der Waals surface area contributed by atoms with E-state index >= 15 is 0 Å². The molecule has 0 bridgehead atoms. The molecule has 2 N–H and O–H groups in total. The molecular formula is C61H127F9N2O15S3. The molecule has 90 heavy (non-hydrogen) atoms. The summed E-state index contributed by atoms with van der Waals surface area (Å²) in [7, 11) is 7.87. The van der Waals surface area contributed by atoms with E-state index in [9.17, 15) is 80.3 Å². The Balaban J connectivity index is -0.0000000428. The molecule has 2 amide bonds. The molecule has 0 spiro atoms. The van der Waals surface area contributed by atoms with Crippen molar-refractivity contribution in [2.45, 2.75) is 179 Å². The highest BCUT2D eigenvalue weighted by Gasteiger charge is 2.64. The number of halogens is 9. The number of esters is 1. The zero-order valence-corrected chi connectivity index (χ0v) is 59.8. The van der Waals surface area contributed by atoms with Crippen LogP contribution in [0.15, 0.2) is 48.5 Å². The number of sulfone groups is 2. The maximum absolute atomic E-state index is 11.6. The Morgan fingerprint density at radius 2 is 0.722 bits per heavy atom. The summed E-state index contributed by atoms with van der Waals surface area (Å²) in [5.41, 5.74) is -1.17. The van der Waals surface area contributed by atoms with Crippen LogP contribution < -0.4 is 15.4 Å². The highest BCUT2D eigenvalue weighted by Crippen LogP contribution is 2.49. The van der Waals surface area contributed by atoms with Crippen LogP contribution in [-0.4, -0.2) is 167 Å². The fourth-order valence-corrected chi connectivity index (χ4v) is 1.84. The number of amides is 2. The molecule has 29 heteroatoms. The minimum Gasteiger partial charge on any atom is -0.497 e. The van der Waals surface area contributed by atoms with Crippen LogP contribution in [0.5, 0.6) is 5.75 Å². The van der Waals surface area contributed by atoms with E-state index < -0.39 is 61.3 Å². The van der Waals surface area contributed by atoms with Crippen molar-refractivity contribution in [3.8, 4) is 5.75 Å². The third-order valence-electron chi connectivity index (χ3n) is 6.42. The molecule has 2 rings (SSSR count). The summed E-state index contributed by atoms with van der Waals surface area (Å²) >= 11 is 1.75. The van der Waals surface area contributed by atoms with Crippen molar-refractivity contribution in [2.75, 3.05) is 101 Å². The van der Waals surface area contributed by atoms with Crippen LogP contribution in [0.2, 0.25) is 0 Å². The van der Waals surface area contributed by atoms with Gasteiger partial charge >= 0.3 is 36.7 Å². The molecule has 0 unspecified atom stereocenters. The van der Waals surface area contributed by atoms with E-state index in [2.05, 4.69) is 114 Å². The standard InChI is InChI=1S/C9H12.C8H10O.C5H6F6.C5H9F3.C4H10.C3H7NO2.C3H7NO.C3H6O3.C3H6O2.C3H6O.C3H8.2C2H6O2S.C2H6O.C2H6S.4CH4/c1-3-9-6-4-8(2)5-7-9;1-7-3-5-8(9-2)6-4-7;1-3(2,4(6,7)8)5(9,10)11;1-4(2,3)5(6,7)8;1-4(2)3;1-4-3(5)6-2;1-3(5)4-2;1-5-3(4)6-2;1-3(4)5-2;1-3(2)4;1-3-2;2*1-5(2,3)4;2*1-3-2;;;;/h4-7H,3H2,1-2H3;3-6H,1-2H3;1-2H3;1-3H3;4H,1-3H3;1-2H3,(H,4,5);1-2H3,(H,4,5);1-2H3;1-2H3;1-2H3;3H2,1-2H3;2*1-2H3;2*1-2H3;4*1H4. The van der Waals surface area contributed by atoms with Gasteiger partial charge in [0.25, 0.3) is 0 Å². The number of alkyl halides is 9. The lowest BCUT2D eigenvalue weighted by molar-refractivity contribution is -0.327. The Morgan fingerprint density at radius 3 is 0.800 bits per heavy atom. The van der Waals surface area contributed by atoms with Gasteiger partial charge < -0.3 is 43.8 Å². The first-order chi connectivity index (χ1) is 38.3. The number of benzene rings is 2. The predicted molar refractivity (Wildman–Crippen MR) is 362 cm³/mol. The number of methoxy groups -OCH3 is 6. The lowest BCUT2D eigenvalue weighted by Crippen LogP contribution is -2.44. The topological polar surface area (TPSA) is 233 Å². The number of nitrogens with one attached hydrogen (secondary N) is 2. The van der Waals surface area contributed by atoms with E-state index in [-0.39, 0.29) is 61.2 Å². The number of aryl methyl sites for hydroxylation is 3. The second kappa shape index (κ2) is 78.2. The Hall–Kier alpha value is -5.03. The lowest BCUT2D eigenvalue weighted by atomic mass is 9.92. The summed E-state index contributed by atoms with van der Waals surface area (Å²) in [5, 5.41) is 4.64. The fourth-order valence-electron chi connectivity index (χ4n) is 1.84. The molecule has 0 aliphatic rings. The summed E-state index contributed by atoms with van der Waals surface area (Å²) in [5.74, 6) is 1.68. The van der Waals surface area contributed by atoms with Crippen LogP contribution in [0.3, 0.4) is 0 Å². The first-order valence-electron chi connectivity index (χ1n) is 25.3. The van der Waals surface area contributed by atoms with Crippen molar-refractivity contribution in [3.05, 3.63) is 65.2 Å². The molecule has 0 aliphatic heterocycles. The van der Waals surface area contributed by atoms with E-state index in [0.29, 0.717) is 0 Å². The molecule has 17 nitrogen and oxygen atoms in total. The van der Waals surface area contributed by atoms with Gasteiger partial charge in [-0.3, -0.25) is 9.59 Å². The first-order valence-corrected chi connectivity index (χ1v) is 31.5. The van der Waals surface area contributed by atoms with Gasteiger partial charge in [0.15, 0.2) is 5.41 Å². The zero-order valence-electron chi connectivity index (χ0n) is 57.4. The van der Waals surface area contributed by atoms with Crippen LogP contribution in [0.25, 0.3) is 0 Å². The van der Waals surface area contributed by atoms with Crippen molar-refractivity contribution < 1.29 is 109 Å². The number of hydrogen-bond donors (Lipinski definition) is 2. The van der Waals surface area contributed by atoms with E-state index in [1.807, 2.05) is 36.8 Å². The molecule has 0 fully saturated rings. The number of alkyl carbamates (subject to hydrolysis) is 1. The largest absolute Gasteiger partial charge is 0.507 e. The normalized spacial score (nSPS) is 9.27. The van der Waals surface area contributed by atoms with E-state index in [1.165, 1.54) is 86.3 Å². The average Bonchev–Trinajstić information content (AvgIpc) is 3.33. The van der Waals surface area contributed by atoms with Gasteiger partial charge in [-0.1, -0.05) is 146 Å². The highest BCUT2D eigenvalue weighted by molar-refractivity contribution is 7.97. The molecule has 0 saturated heterocycles. The monoisotopic (exact) mass is 1390 g/mol. The lowest BCUT2D eigenvalue weighted by Gasteiger charge is -2.29. The number of rotatable bonds is 2. The van der Waals surface area contributed by atoms with Gasteiger partial charge in [-0.25, -0.2) is 26.4 Å². The molecule has 2 aromatic rings. The number of carbonyl (C=O) groups excluding carboxylic acids is 5. The zero-order chi connectivity index (χ0) is 72.7. The summed E-state index contributed by atoms with van der Waals surface area (Å²) in [6.07, 6.45) is -4.51. The van der Waals surface area contributed by atoms with Gasteiger partial charge in [0.1, 0.15) is 31.2 Å². The fraction of sp³-hybridized carbons (Fsp3) is 0.721. The molecule has 0 heterocycles. The van der Waals surface area contributed by atoms with Crippen molar-refractivity contribution in [1.29, 1.82) is 0 Å². The average molecular weight is 1400 g/mol. The smallest absolute Gasteiger partial charge is 0.497 e. The summed E-state index contributed by atoms with van der Waals surface area (Å²) in [6.45, 7) is 26.6. The number of carbonyl (C=O) groups is 5. The molecule has 0 aliphatic carbocycles. The summed E-state index contributed by atoms with van der Waals surface area (Å²) < 4.78 is 168. The van der Waals surface area contributed by atoms with Crippen LogP contribution in [0.1, 0.15) is 157 Å². The minimum atomic E-state index is -5.24. The minimum absolute atomic E-state index is 0. The molecule has 0 atom stereocenters. The predicted octanol–water partition coefficient (Wildman–Crippen LogP) is 17.4. The second-order valence-electron chi connectivity index (χ2n) is 19.1. The van der Waals surface area contributed by atoms with Gasteiger partial charge in [-0.05, 0) is 84.1 Å². The van der Waals surface area contributed by atoms with Crippen molar-refractivity contribution >= 4 is 61.3 Å². The number of ketones is 1. The van der Waals surface area contributed by atoms with Crippen molar-refractivity contribution in [3.63, 3.8) is 0 Å². The quantitative estimate of drug-likeness (QED) is 0.162. The molecule has 0 aromatic heterocycles. The Labute approximate surface area is 546 Å². The molecule has 0 radical (unpaired) electrons. The third-order valence-corrected chi connectivity index (χ3v) is 6.42. The van der Waals surface area contributed by atoms with E-state index in [4.69, 9.17) is 4.74 Å². The van der Waals surface area contributed by atoms with Crippen LogP contribution in [0.4, 0.5) is 49.1 Å². The maximum Gasteiger partial charge on any atom is 0.507 e. The molecule has 552 valence electrons. The number of hydrogen-bond acceptors (Lipinski definition) is 16. The number of ether oxygens (including phenoxy) is 6. The Kier molecular flexibility index (Phi) is 113. The number of Topliss-reactive ketones (excluding diaryl/α,β-unsaturated/α-hetero) is 1. The van der Waals surface area contributed by atoms with Gasteiger partial charge in [0.2, 0.25) is 5.91 Å². The van der Waals surface area contributed by atoms with Crippen molar-refractivity contribution in [1.82, 2.24) is 10.6 Å². The van der Waals surface area contributed by atoms with Crippen LogP contribution >= 0.6 is 11.8 Å². The SMILES string of the molecule is C.C.C.C.CC(C)(C(F)(F)F)C(F)(F)F.CC(C)(C)C(F)(F)F.CC(C)=O.CC(C)C.CCC.CCc1ccc(C)cc1.CNC(=O)OC.CNC(C)=O.COC.COC(=O)OC.COC(C)=O.COc1ccc(C)cc1.CS(C)(=O)=O.CS(C)(=O)=O.CSC. The summed E-state index contributed by atoms with van der Waals surface area (Å²) in [4.78, 5) is 48.3.